The molecule has 3 aromatic carbocycles. The monoisotopic (exact) mass is 303 g/mol. The van der Waals surface area contributed by atoms with Gasteiger partial charge in [-0.2, -0.15) is 0 Å². The van der Waals surface area contributed by atoms with Crippen LogP contribution in [0.1, 0.15) is 15.9 Å². The first kappa shape index (κ1) is 14.9. The molecule has 0 saturated carbocycles. The van der Waals surface area contributed by atoms with Crippen molar-refractivity contribution in [1.82, 2.24) is 0 Å². The number of hydrogen-bond donors (Lipinski definition) is 1. The Bertz CT molecular complexity index is 753. The fraction of sp³-hybridized carbons (Fsp3) is 0.0500. The van der Waals surface area contributed by atoms with E-state index < -0.39 is 0 Å². The normalized spacial score (nSPS) is 10.1. The lowest BCUT2D eigenvalue weighted by atomic mass is 10.2. The molecule has 1 amide bonds. The SMILES string of the molecule is O=C(Nc1ccc(OCc2ccccc2)cc1)c1ccccc1. The Balaban J connectivity index is 1.58. The van der Waals surface area contributed by atoms with Crippen LogP contribution in [0.5, 0.6) is 5.75 Å². The molecule has 0 bridgehead atoms. The van der Waals surface area contributed by atoms with Crippen molar-refractivity contribution in [1.29, 1.82) is 0 Å². The summed E-state index contributed by atoms with van der Waals surface area (Å²) in [7, 11) is 0. The lowest BCUT2D eigenvalue weighted by Crippen LogP contribution is -2.11. The number of amides is 1. The van der Waals surface area contributed by atoms with Gasteiger partial charge in [-0.05, 0) is 42.0 Å². The third-order valence-electron chi connectivity index (χ3n) is 3.40. The van der Waals surface area contributed by atoms with Crippen molar-refractivity contribution in [2.24, 2.45) is 0 Å². The number of rotatable bonds is 5. The molecular weight excluding hydrogens is 286 g/mol. The highest BCUT2D eigenvalue weighted by Crippen LogP contribution is 2.17. The van der Waals surface area contributed by atoms with Crippen LogP contribution >= 0.6 is 0 Å². The van der Waals surface area contributed by atoms with E-state index >= 15 is 0 Å². The van der Waals surface area contributed by atoms with Crippen molar-refractivity contribution in [2.75, 3.05) is 5.32 Å². The lowest BCUT2D eigenvalue weighted by Gasteiger charge is -2.08. The van der Waals surface area contributed by atoms with E-state index in [9.17, 15) is 4.79 Å². The van der Waals surface area contributed by atoms with Gasteiger partial charge in [0.1, 0.15) is 12.4 Å². The highest BCUT2D eigenvalue weighted by molar-refractivity contribution is 6.04. The molecule has 0 aromatic heterocycles. The molecule has 0 radical (unpaired) electrons. The van der Waals surface area contributed by atoms with Gasteiger partial charge in [-0.1, -0.05) is 48.5 Å². The zero-order valence-corrected chi connectivity index (χ0v) is 12.6. The largest absolute Gasteiger partial charge is 0.489 e. The minimum absolute atomic E-state index is 0.122. The Hall–Kier alpha value is -3.07. The molecule has 0 spiro atoms. The van der Waals surface area contributed by atoms with Gasteiger partial charge in [0, 0.05) is 11.3 Å². The molecule has 0 aliphatic heterocycles. The molecule has 0 unspecified atom stereocenters. The van der Waals surface area contributed by atoms with E-state index in [1.54, 1.807) is 12.1 Å². The van der Waals surface area contributed by atoms with Crippen LogP contribution < -0.4 is 10.1 Å². The van der Waals surface area contributed by atoms with Gasteiger partial charge in [-0.3, -0.25) is 4.79 Å². The average molecular weight is 303 g/mol. The van der Waals surface area contributed by atoms with E-state index in [4.69, 9.17) is 4.74 Å². The van der Waals surface area contributed by atoms with E-state index in [1.165, 1.54) is 0 Å². The maximum absolute atomic E-state index is 12.1. The van der Waals surface area contributed by atoms with Crippen molar-refractivity contribution in [3.8, 4) is 5.75 Å². The molecule has 23 heavy (non-hydrogen) atoms. The third-order valence-corrected chi connectivity index (χ3v) is 3.40. The molecule has 114 valence electrons. The second-order valence-electron chi connectivity index (χ2n) is 5.12. The minimum Gasteiger partial charge on any atom is -0.489 e. The number of anilines is 1. The first-order valence-corrected chi connectivity index (χ1v) is 7.44. The van der Waals surface area contributed by atoms with Gasteiger partial charge in [-0.15, -0.1) is 0 Å². The van der Waals surface area contributed by atoms with Gasteiger partial charge in [0.25, 0.3) is 5.91 Å². The first-order valence-electron chi connectivity index (χ1n) is 7.44. The van der Waals surface area contributed by atoms with Crippen molar-refractivity contribution >= 4 is 11.6 Å². The fourth-order valence-corrected chi connectivity index (χ4v) is 2.17. The van der Waals surface area contributed by atoms with Gasteiger partial charge < -0.3 is 10.1 Å². The number of carbonyl (C=O) groups is 1. The maximum Gasteiger partial charge on any atom is 0.255 e. The standard InChI is InChI=1S/C20H17NO2/c22-20(17-9-5-2-6-10-17)21-18-11-13-19(14-12-18)23-15-16-7-3-1-4-8-16/h1-14H,15H2,(H,21,22). The summed E-state index contributed by atoms with van der Waals surface area (Å²) in [6.07, 6.45) is 0. The molecule has 0 aliphatic carbocycles. The van der Waals surface area contributed by atoms with E-state index in [0.717, 1.165) is 17.0 Å². The summed E-state index contributed by atoms with van der Waals surface area (Å²) in [6, 6.07) is 26.5. The lowest BCUT2D eigenvalue weighted by molar-refractivity contribution is 0.102. The van der Waals surface area contributed by atoms with Crippen LogP contribution in [0, 0.1) is 0 Å². The quantitative estimate of drug-likeness (QED) is 0.752. The highest BCUT2D eigenvalue weighted by Gasteiger charge is 2.05. The Labute approximate surface area is 135 Å². The molecule has 3 aromatic rings. The Morgan fingerprint density at radius 3 is 2.04 bits per heavy atom. The average Bonchev–Trinajstić information content (AvgIpc) is 2.63. The van der Waals surface area contributed by atoms with Crippen LogP contribution in [0.3, 0.4) is 0 Å². The summed E-state index contributed by atoms with van der Waals surface area (Å²) in [5, 5.41) is 2.86. The van der Waals surface area contributed by atoms with Crippen molar-refractivity contribution in [3.63, 3.8) is 0 Å². The molecule has 0 atom stereocenters. The van der Waals surface area contributed by atoms with Crippen LogP contribution in [-0.4, -0.2) is 5.91 Å². The Morgan fingerprint density at radius 2 is 1.39 bits per heavy atom. The van der Waals surface area contributed by atoms with Crippen LogP contribution in [0.25, 0.3) is 0 Å². The number of ether oxygens (including phenoxy) is 1. The molecule has 3 nitrogen and oxygen atoms in total. The number of carbonyl (C=O) groups excluding carboxylic acids is 1. The molecular formula is C20H17NO2. The number of benzene rings is 3. The predicted molar refractivity (Wildman–Crippen MR) is 91.6 cm³/mol. The number of hydrogen-bond acceptors (Lipinski definition) is 2. The highest BCUT2D eigenvalue weighted by atomic mass is 16.5. The van der Waals surface area contributed by atoms with Gasteiger partial charge in [0.15, 0.2) is 0 Å². The van der Waals surface area contributed by atoms with Gasteiger partial charge in [0.2, 0.25) is 0 Å². The molecule has 0 aliphatic rings. The Kier molecular flexibility index (Phi) is 4.69. The first-order chi connectivity index (χ1) is 11.3. The third kappa shape index (κ3) is 4.20. The predicted octanol–water partition coefficient (Wildman–Crippen LogP) is 4.52. The van der Waals surface area contributed by atoms with Crippen LogP contribution in [0.2, 0.25) is 0 Å². The zero-order chi connectivity index (χ0) is 15.9. The summed E-state index contributed by atoms with van der Waals surface area (Å²) >= 11 is 0. The van der Waals surface area contributed by atoms with Gasteiger partial charge in [-0.25, -0.2) is 0 Å². The summed E-state index contributed by atoms with van der Waals surface area (Å²) < 4.78 is 5.72. The second-order valence-corrected chi connectivity index (χ2v) is 5.12. The Morgan fingerprint density at radius 1 is 0.783 bits per heavy atom. The van der Waals surface area contributed by atoms with Crippen molar-refractivity contribution < 1.29 is 9.53 Å². The molecule has 0 saturated heterocycles. The summed E-state index contributed by atoms with van der Waals surface area (Å²) in [4.78, 5) is 12.1. The summed E-state index contributed by atoms with van der Waals surface area (Å²) in [6.45, 7) is 0.524. The summed E-state index contributed by atoms with van der Waals surface area (Å²) in [5.41, 5.74) is 2.50. The molecule has 0 fully saturated rings. The van der Waals surface area contributed by atoms with Gasteiger partial charge in [0.05, 0.1) is 0 Å². The molecule has 3 heteroatoms. The molecule has 1 N–H and O–H groups in total. The molecule has 3 rings (SSSR count). The molecule has 0 heterocycles. The fourth-order valence-electron chi connectivity index (χ4n) is 2.17. The topological polar surface area (TPSA) is 38.3 Å². The second kappa shape index (κ2) is 7.27. The maximum atomic E-state index is 12.1. The van der Waals surface area contributed by atoms with E-state index in [0.29, 0.717) is 12.2 Å². The van der Waals surface area contributed by atoms with E-state index in [-0.39, 0.29) is 5.91 Å². The van der Waals surface area contributed by atoms with Crippen molar-refractivity contribution in [3.05, 3.63) is 96.1 Å². The van der Waals surface area contributed by atoms with E-state index in [1.807, 2.05) is 72.8 Å². The zero-order valence-electron chi connectivity index (χ0n) is 12.6. The number of nitrogens with one attached hydrogen (secondary N) is 1. The van der Waals surface area contributed by atoms with Crippen LogP contribution in [0.4, 0.5) is 5.69 Å². The smallest absolute Gasteiger partial charge is 0.255 e. The van der Waals surface area contributed by atoms with Crippen molar-refractivity contribution in [2.45, 2.75) is 6.61 Å². The summed E-state index contributed by atoms with van der Waals surface area (Å²) in [5.74, 6) is 0.648. The minimum atomic E-state index is -0.122. The van der Waals surface area contributed by atoms with Crippen LogP contribution in [-0.2, 0) is 6.61 Å². The van der Waals surface area contributed by atoms with Gasteiger partial charge >= 0.3 is 0 Å². The van der Waals surface area contributed by atoms with E-state index in [2.05, 4.69) is 5.32 Å². The van der Waals surface area contributed by atoms with Crippen LogP contribution in [0.15, 0.2) is 84.9 Å².